The fraction of sp³-hybridized carbons (Fsp3) is 0.487. The van der Waals surface area contributed by atoms with Gasteiger partial charge in [0.15, 0.2) is 5.94 Å². The molecule has 260 valence electrons. The summed E-state index contributed by atoms with van der Waals surface area (Å²) in [6.45, 7) is 13.8. The number of carbonyl (C=O) groups excluding carboxylic acids is 2. The lowest BCUT2D eigenvalue weighted by Crippen LogP contribution is -2.51. The Morgan fingerprint density at radius 2 is 1.90 bits per heavy atom. The number of piperidine rings is 1. The molecule has 6 rings (SSSR count). The number of fused-ring (bicyclic) bond motifs is 2. The highest BCUT2D eigenvalue weighted by Crippen LogP contribution is 2.49. The highest BCUT2D eigenvalue weighted by atomic mass is 16.5. The number of carboxylic acid groups (broad SMARTS) is 1. The standard InChI is InChI=1S/C39H49N5O5/c1-7-43(30-10-14-49-15-11-30)35-19-29(17-31(27(35)5)37(46)40-21-32-24(2)16-25(3)41-34(32)22-45)28-8-9-33-36(18-28)42(6)23-39(33)12-13-44(38(47)48)26(4)20-39/h8-9,16-19,26,30,41H,7,10-15,20-21,23H2,1-6H3,(H,40,46)(H,47,48). The molecule has 10 heteroatoms. The predicted octanol–water partition coefficient (Wildman–Crippen LogP) is 5.79. The minimum atomic E-state index is -0.851. The van der Waals surface area contributed by atoms with E-state index in [1.807, 2.05) is 45.8 Å². The molecule has 49 heavy (non-hydrogen) atoms. The first-order valence-electron chi connectivity index (χ1n) is 17.5. The van der Waals surface area contributed by atoms with Crippen LogP contribution < -0.4 is 20.4 Å². The molecule has 0 aromatic heterocycles. The quantitative estimate of drug-likeness (QED) is 0.319. The molecule has 3 N–H and O–H groups in total. The van der Waals surface area contributed by atoms with E-state index in [-0.39, 0.29) is 23.9 Å². The van der Waals surface area contributed by atoms with Crippen LogP contribution >= 0.6 is 0 Å². The second-order valence-electron chi connectivity index (χ2n) is 14.2. The molecule has 2 amide bonds. The van der Waals surface area contributed by atoms with Gasteiger partial charge in [-0.2, -0.15) is 0 Å². The summed E-state index contributed by atoms with van der Waals surface area (Å²) in [5.74, 6) is 1.80. The third kappa shape index (κ3) is 6.47. The number of likely N-dealkylation sites (N-methyl/N-ethyl adjacent to an activating group) is 1. The number of rotatable bonds is 7. The molecule has 0 aliphatic carbocycles. The first kappa shape index (κ1) is 34.3. The zero-order chi connectivity index (χ0) is 35.0. The lowest BCUT2D eigenvalue weighted by molar-refractivity contribution is 0.0845. The molecule has 4 aliphatic rings. The molecule has 0 bridgehead atoms. The summed E-state index contributed by atoms with van der Waals surface area (Å²) in [6.07, 6.45) is 4.54. The highest BCUT2D eigenvalue weighted by molar-refractivity contribution is 5.99. The van der Waals surface area contributed by atoms with Crippen LogP contribution in [-0.4, -0.2) is 86.5 Å². The summed E-state index contributed by atoms with van der Waals surface area (Å²) >= 11 is 0. The van der Waals surface area contributed by atoms with Gasteiger partial charge >= 0.3 is 6.09 Å². The summed E-state index contributed by atoms with van der Waals surface area (Å²) in [5.41, 5.74) is 9.73. The van der Waals surface area contributed by atoms with Gasteiger partial charge in [0.25, 0.3) is 5.91 Å². The summed E-state index contributed by atoms with van der Waals surface area (Å²) in [5, 5.41) is 15.9. The molecule has 0 radical (unpaired) electrons. The fourth-order valence-electron chi connectivity index (χ4n) is 8.62. The monoisotopic (exact) mass is 667 g/mol. The number of benzene rings is 2. The van der Waals surface area contributed by atoms with E-state index in [2.05, 4.69) is 58.7 Å². The van der Waals surface area contributed by atoms with Crippen molar-refractivity contribution < 1.29 is 24.2 Å². The van der Waals surface area contributed by atoms with E-state index in [9.17, 15) is 19.5 Å². The maximum atomic E-state index is 14.1. The van der Waals surface area contributed by atoms with E-state index in [1.165, 1.54) is 5.56 Å². The molecular formula is C39H49N5O5. The van der Waals surface area contributed by atoms with Gasteiger partial charge in [-0.1, -0.05) is 12.1 Å². The third-order valence-corrected chi connectivity index (χ3v) is 11.1. The molecule has 2 atom stereocenters. The number of allylic oxidation sites excluding steroid dienone is 3. The van der Waals surface area contributed by atoms with Gasteiger partial charge in [-0.15, -0.1) is 0 Å². The number of likely N-dealkylation sites (tertiary alicyclic amines) is 1. The number of hydrogen-bond donors (Lipinski definition) is 3. The lowest BCUT2D eigenvalue weighted by Gasteiger charge is -2.43. The number of nitrogens with zero attached hydrogens (tertiary/aromatic N) is 3. The molecule has 1 spiro atoms. The van der Waals surface area contributed by atoms with E-state index in [1.54, 1.807) is 4.90 Å². The molecule has 2 saturated heterocycles. The normalized spacial score (nSPS) is 22.4. The molecule has 2 fully saturated rings. The number of anilines is 2. The van der Waals surface area contributed by atoms with Crippen LogP contribution in [0.1, 0.15) is 74.9 Å². The number of amides is 2. The maximum absolute atomic E-state index is 14.1. The van der Waals surface area contributed by atoms with Gasteiger partial charge < -0.3 is 35.2 Å². The van der Waals surface area contributed by atoms with Crippen molar-refractivity contribution in [2.45, 2.75) is 77.8 Å². The number of ether oxygens (including phenoxy) is 1. The predicted molar refractivity (Wildman–Crippen MR) is 193 cm³/mol. The van der Waals surface area contributed by atoms with Gasteiger partial charge in [0.05, 0.1) is 0 Å². The van der Waals surface area contributed by atoms with Gasteiger partial charge in [-0.3, -0.25) is 4.79 Å². The molecule has 2 unspecified atom stereocenters. The molecule has 4 heterocycles. The van der Waals surface area contributed by atoms with Crippen molar-refractivity contribution in [3.63, 3.8) is 0 Å². The summed E-state index contributed by atoms with van der Waals surface area (Å²) in [4.78, 5) is 43.9. The van der Waals surface area contributed by atoms with Crippen molar-refractivity contribution >= 4 is 29.3 Å². The number of carbonyl (C=O) groups is 2. The van der Waals surface area contributed by atoms with E-state index in [4.69, 9.17) is 4.74 Å². The van der Waals surface area contributed by atoms with Crippen LogP contribution in [0, 0.1) is 6.92 Å². The van der Waals surface area contributed by atoms with Crippen molar-refractivity contribution in [1.29, 1.82) is 0 Å². The van der Waals surface area contributed by atoms with Crippen molar-refractivity contribution in [2.24, 2.45) is 0 Å². The minimum absolute atomic E-state index is 0.0571. The largest absolute Gasteiger partial charge is 0.465 e. The van der Waals surface area contributed by atoms with Gasteiger partial charge in [0, 0.05) is 92.1 Å². The first-order chi connectivity index (χ1) is 23.5. The van der Waals surface area contributed by atoms with Gasteiger partial charge in [0.2, 0.25) is 0 Å². The van der Waals surface area contributed by atoms with Crippen molar-refractivity contribution in [2.75, 3.05) is 56.2 Å². The van der Waals surface area contributed by atoms with Crippen LogP contribution in [0.2, 0.25) is 0 Å². The smallest absolute Gasteiger partial charge is 0.407 e. The van der Waals surface area contributed by atoms with E-state index >= 15 is 0 Å². The summed E-state index contributed by atoms with van der Waals surface area (Å²) in [7, 11) is 2.12. The fourth-order valence-corrected chi connectivity index (χ4v) is 8.62. The Morgan fingerprint density at radius 1 is 1.14 bits per heavy atom. The molecule has 2 aromatic carbocycles. The number of hydrogen-bond acceptors (Lipinski definition) is 7. The van der Waals surface area contributed by atoms with Crippen LogP contribution in [0.3, 0.4) is 0 Å². The Labute approximate surface area is 289 Å². The first-order valence-corrected chi connectivity index (χ1v) is 17.5. The van der Waals surface area contributed by atoms with Crippen LogP contribution in [-0.2, 0) is 14.9 Å². The highest BCUT2D eigenvalue weighted by Gasteiger charge is 2.47. The van der Waals surface area contributed by atoms with Gasteiger partial charge in [-0.25, -0.2) is 9.59 Å². The lowest BCUT2D eigenvalue weighted by atomic mass is 9.72. The van der Waals surface area contributed by atoms with E-state index in [0.29, 0.717) is 23.8 Å². The average Bonchev–Trinajstić information content (AvgIpc) is 3.34. The topological polar surface area (TPSA) is 114 Å². The zero-order valence-corrected chi connectivity index (χ0v) is 29.6. The van der Waals surface area contributed by atoms with Crippen molar-refractivity contribution in [1.82, 2.24) is 15.5 Å². The molecule has 10 nitrogen and oxygen atoms in total. The minimum Gasteiger partial charge on any atom is -0.465 e. The van der Waals surface area contributed by atoms with Crippen LogP contribution in [0.15, 0.2) is 58.9 Å². The average molecular weight is 668 g/mol. The number of dihydropyridines is 1. The third-order valence-electron chi connectivity index (χ3n) is 11.1. The van der Waals surface area contributed by atoms with Crippen molar-refractivity contribution in [3.8, 4) is 11.1 Å². The zero-order valence-electron chi connectivity index (χ0n) is 29.6. The van der Waals surface area contributed by atoms with Gasteiger partial charge in [-0.05, 0) is 112 Å². The second-order valence-corrected chi connectivity index (χ2v) is 14.2. The SMILES string of the molecule is CCN(c1cc(-c2ccc3c(c2)N(C)CC32CCN(C(=O)O)C(C)C2)cc(C(=O)NCC2=C(C)C=C(C)NC2=C=O)c1C)C1CCOCC1. The maximum Gasteiger partial charge on any atom is 0.407 e. The summed E-state index contributed by atoms with van der Waals surface area (Å²) in [6, 6.07) is 11.1. The Morgan fingerprint density at radius 3 is 2.57 bits per heavy atom. The van der Waals surface area contributed by atoms with Crippen LogP contribution in [0.5, 0.6) is 0 Å². The molecular weight excluding hydrogens is 618 g/mol. The van der Waals surface area contributed by atoms with E-state index < -0.39 is 6.09 Å². The van der Waals surface area contributed by atoms with Crippen LogP contribution in [0.25, 0.3) is 11.1 Å². The van der Waals surface area contributed by atoms with E-state index in [0.717, 1.165) is 96.9 Å². The molecule has 2 aromatic rings. The Balaban J connectivity index is 1.38. The summed E-state index contributed by atoms with van der Waals surface area (Å²) < 4.78 is 5.69. The Kier molecular flexibility index (Phi) is 9.65. The Bertz CT molecular complexity index is 1770. The van der Waals surface area contributed by atoms with Crippen molar-refractivity contribution in [3.05, 3.63) is 75.6 Å². The number of nitrogens with one attached hydrogen (secondary N) is 2. The molecule has 0 saturated carbocycles. The molecule has 4 aliphatic heterocycles. The van der Waals surface area contributed by atoms with Crippen LogP contribution in [0.4, 0.5) is 16.2 Å². The van der Waals surface area contributed by atoms with Gasteiger partial charge in [0.1, 0.15) is 5.70 Å². The Hall–Kier alpha value is -4.53. The second kappa shape index (κ2) is 13.8.